The van der Waals surface area contributed by atoms with E-state index in [1.165, 1.54) is 0 Å². The van der Waals surface area contributed by atoms with Crippen molar-refractivity contribution in [3.8, 4) is 0 Å². The molecule has 5 nitrogen and oxygen atoms in total. The number of nitrogens with zero attached hydrogens (tertiary/aromatic N) is 2. The highest BCUT2D eigenvalue weighted by Crippen LogP contribution is 2.39. The third kappa shape index (κ3) is 2.93. The molecule has 2 aromatic rings. The van der Waals surface area contributed by atoms with Crippen LogP contribution in [0.15, 0.2) is 24.3 Å². The number of para-hydroxylation sites is 1. The molecule has 1 unspecified atom stereocenters. The van der Waals surface area contributed by atoms with Crippen molar-refractivity contribution in [3.63, 3.8) is 0 Å². The molecular weight excluding hydrogens is 338 g/mol. The molecule has 0 radical (unpaired) electrons. The first kappa shape index (κ1) is 18.1. The summed E-state index contributed by atoms with van der Waals surface area (Å²) in [5.41, 5.74) is 2.58. The second kappa shape index (κ2) is 7.02. The van der Waals surface area contributed by atoms with Crippen LogP contribution in [0.25, 0.3) is 10.9 Å². The number of amides is 2. The third-order valence-electron chi connectivity index (χ3n) is 6.34. The average molecular weight is 367 g/mol. The number of aryl methyl sites for hydroxylation is 1. The van der Waals surface area contributed by atoms with E-state index in [-0.39, 0.29) is 11.8 Å². The SMILES string of the molecule is CCCN1CCCC2(CCCN2C(=O)Cc2c(C)[nH]c3ccccc23)C1=O. The monoisotopic (exact) mass is 367 g/mol. The molecule has 2 aliphatic rings. The number of rotatable bonds is 4. The zero-order valence-electron chi connectivity index (χ0n) is 16.4. The van der Waals surface area contributed by atoms with E-state index in [0.717, 1.165) is 67.4 Å². The van der Waals surface area contributed by atoms with Gasteiger partial charge in [-0.1, -0.05) is 25.1 Å². The van der Waals surface area contributed by atoms with E-state index in [1.54, 1.807) is 0 Å². The molecule has 144 valence electrons. The van der Waals surface area contributed by atoms with E-state index < -0.39 is 5.54 Å². The number of hydrogen-bond donors (Lipinski definition) is 1. The molecule has 4 rings (SSSR count). The van der Waals surface area contributed by atoms with E-state index in [9.17, 15) is 9.59 Å². The van der Waals surface area contributed by atoms with E-state index in [0.29, 0.717) is 13.0 Å². The summed E-state index contributed by atoms with van der Waals surface area (Å²) in [6.45, 7) is 6.46. The minimum absolute atomic E-state index is 0.0899. The van der Waals surface area contributed by atoms with Crippen LogP contribution >= 0.6 is 0 Å². The van der Waals surface area contributed by atoms with Crippen LogP contribution in [0.2, 0.25) is 0 Å². The first-order valence-electron chi connectivity index (χ1n) is 10.2. The molecule has 2 fully saturated rings. The Hall–Kier alpha value is -2.30. The second-order valence-corrected chi connectivity index (χ2v) is 8.03. The lowest BCUT2D eigenvalue weighted by Crippen LogP contribution is -2.61. The fraction of sp³-hybridized carbons (Fsp3) is 0.545. The summed E-state index contributed by atoms with van der Waals surface area (Å²) in [6.07, 6.45) is 4.85. The van der Waals surface area contributed by atoms with Gasteiger partial charge in [-0.05, 0) is 50.7 Å². The number of nitrogens with one attached hydrogen (secondary N) is 1. The molecule has 2 saturated heterocycles. The topological polar surface area (TPSA) is 56.4 Å². The molecule has 1 N–H and O–H groups in total. The van der Waals surface area contributed by atoms with Crippen molar-refractivity contribution in [2.75, 3.05) is 19.6 Å². The minimum atomic E-state index is -0.593. The largest absolute Gasteiger partial charge is 0.358 e. The van der Waals surface area contributed by atoms with Crippen LogP contribution in [-0.2, 0) is 16.0 Å². The van der Waals surface area contributed by atoms with Crippen molar-refractivity contribution in [1.29, 1.82) is 0 Å². The van der Waals surface area contributed by atoms with Gasteiger partial charge in [-0.3, -0.25) is 9.59 Å². The molecule has 1 aromatic heterocycles. The number of aromatic nitrogens is 1. The standard InChI is InChI=1S/C22H29N3O2/c1-3-12-24-13-6-10-22(21(24)27)11-7-14-25(22)20(26)15-18-16(2)23-19-9-5-4-8-17(18)19/h4-5,8-9,23H,3,6-7,10-15H2,1-2H3. The highest BCUT2D eigenvalue weighted by molar-refractivity contribution is 5.95. The zero-order valence-corrected chi connectivity index (χ0v) is 16.4. The van der Waals surface area contributed by atoms with Crippen molar-refractivity contribution in [1.82, 2.24) is 14.8 Å². The highest BCUT2D eigenvalue weighted by Gasteiger charge is 2.52. The number of carbonyl (C=O) groups excluding carboxylic acids is 2. The number of piperidine rings is 1. The number of benzene rings is 1. The summed E-state index contributed by atoms with van der Waals surface area (Å²) in [7, 11) is 0. The predicted molar refractivity (Wildman–Crippen MR) is 107 cm³/mol. The van der Waals surface area contributed by atoms with Crippen molar-refractivity contribution < 1.29 is 9.59 Å². The van der Waals surface area contributed by atoms with Gasteiger partial charge >= 0.3 is 0 Å². The molecule has 2 amide bonds. The Kier molecular flexibility index (Phi) is 4.70. The molecule has 0 aliphatic carbocycles. The molecule has 27 heavy (non-hydrogen) atoms. The van der Waals surface area contributed by atoms with Gasteiger partial charge in [-0.25, -0.2) is 0 Å². The predicted octanol–water partition coefficient (Wildman–Crippen LogP) is 3.41. The molecule has 1 spiro atoms. The zero-order chi connectivity index (χ0) is 19.0. The molecule has 3 heterocycles. The maximum atomic E-state index is 13.3. The molecule has 0 saturated carbocycles. The van der Waals surface area contributed by atoms with E-state index >= 15 is 0 Å². The first-order valence-corrected chi connectivity index (χ1v) is 10.2. The summed E-state index contributed by atoms with van der Waals surface area (Å²) in [5.74, 6) is 0.268. The minimum Gasteiger partial charge on any atom is -0.358 e. The van der Waals surface area contributed by atoms with Gasteiger partial charge in [-0.2, -0.15) is 0 Å². The van der Waals surface area contributed by atoms with E-state index in [1.807, 2.05) is 34.9 Å². The summed E-state index contributed by atoms with van der Waals surface area (Å²) in [4.78, 5) is 33.9. The van der Waals surface area contributed by atoms with Gasteiger partial charge in [0.25, 0.3) is 0 Å². The number of likely N-dealkylation sites (tertiary alicyclic amines) is 2. The van der Waals surface area contributed by atoms with Crippen LogP contribution in [0.5, 0.6) is 0 Å². The van der Waals surface area contributed by atoms with Crippen LogP contribution < -0.4 is 0 Å². The van der Waals surface area contributed by atoms with Crippen molar-refractivity contribution in [2.24, 2.45) is 0 Å². The fourth-order valence-electron chi connectivity index (χ4n) is 5.08. The first-order chi connectivity index (χ1) is 13.1. The maximum Gasteiger partial charge on any atom is 0.248 e. The Morgan fingerprint density at radius 1 is 1.19 bits per heavy atom. The number of carbonyl (C=O) groups is 2. The second-order valence-electron chi connectivity index (χ2n) is 8.03. The Labute approximate surface area is 160 Å². The fourth-order valence-corrected chi connectivity index (χ4v) is 5.08. The molecule has 2 aliphatic heterocycles. The van der Waals surface area contributed by atoms with Crippen molar-refractivity contribution >= 4 is 22.7 Å². The smallest absolute Gasteiger partial charge is 0.248 e. The Balaban J connectivity index is 1.61. The van der Waals surface area contributed by atoms with E-state index in [2.05, 4.69) is 18.0 Å². The summed E-state index contributed by atoms with van der Waals surface area (Å²) < 4.78 is 0. The van der Waals surface area contributed by atoms with Crippen molar-refractivity contribution in [3.05, 3.63) is 35.5 Å². The maximum absolute atomic E-state index is 13.3. The van der Waals surface area contributed by atoms with Crippen LogP contribution in [0.4, 0.5) is 0 Å². The van der Waals surface area contributed by atoms with Crippen LogP contribution in [0.3, 0.4) is 0 Å². The highest BCUT2D eigenvalue weighted by atomic mass is 16.2. The lowest BCUT2D eigenvalue weighted by molar-refractivity contribution is -0.155. The van der Waals surface area contributed by atoms with Gasteiger partial charge in [0.2, 0.25) is 11.8 Å². The number of H-pyrrole nitrogens is 1. The Bertz CT molecular complexity index is 870. The van der Waals surface area contributed by atoms with Gasteiger partial charge in [0, 0.05) is 36.2 Å². The van der Waals surface area contributed by atoms with Crippen LogP contribution in [-0.4, -0.2) is 51.8 Å². The lowest BCUT2D eigenvalue weighted by atomic mass is 9.85. The lowest BCUT2D eigenvalue weighted by Gasteiger charge is -2.44. The Morgan fingerprint density at radius 2 is 1.93 bits per heavy atom. The van der Waals surface area contributed by atoms with E-state index in [4.69, 9.17) is 0 Å². The van der Waals surface area contributed by atoms with Crippen LogP contribution in [0.1, 0.15) is 50.3 Å². The molecule has 5 heteroatoms. The van der Waals surface area contributed by atoms with Gasteiger partial charge in [0.05, 0.1) is 6.42 Å². The quantitative estimate of drug-likeness (QED) is 0.900. The van der Waals surface area contributed by atoms with Gasteiger partial charge in [0.15, 0.2) is 0 Å². The van der Waals surface area contributed by atoms with Crippen LogP contribution in [0, 0.1) is 6.92 Å². The number of hydrogen-bond acceptors (Lipinski definition) is 2. The number of fused-ring (bicyclic) bond motifs is 1. The van der Waals surface area contributed by atoms with Gasteiger partial charge in [-0.15, -0.1) is 0 Å². The molecular formula is C22H29N3O2. The normalized spacial score (nSPS) is 23.0. The third-order valence-corrected chi connectivity index (χ3v) is 6.34. The van der Waals surface area contributed by atoms with Gasteiger partial charge < -0.3 is 14.8 Å². The average Bonchev–Trinajstić information content (AvgIpc) is 3.21. The molecule has 0 bridgehead atoms. The number of aromatic amines is 1. The van der Waals surface area contributed by atoms with Gasteiger partial charge in [0.1, 0.15) is 5.54 Å². The molecule has 1 aromatic carbocycles. The molecule has 1 atom stereocenters. The Morgan fingerprint density at radius 3 is 2.70 bits per heavy atom. The summed E-state index contributed by atoms with van der Waals surface area (Å²) in [6, 6.07) is 8.12. The summed E-state index contributed by atoms with van der Waals surface area (Å²) >= 11 is 0. The summed E-state index contributed by atoms with van der Waals surface area (Å²) in [5, 5.41) is 1.11. The van der Waals surface area contributed by atoms with Crippen molar-refractivity contribution in [2.45, 2.75) is 57.9 Å².